The molecule has 2 aromatic rings. The molecule has 2 rings (SSSR count). The van der Waals surface area contributed by atoms with Gasteiger partial charge in [-0.15, -0.1) is 0 Å². The molecule has 6 heteroatoms. The van der Waals surface area contributed by atoms with E-state index < -0.39 is 4.92 Å². The smallest absolute Gasteiger partial charge is 0.312 e. The molecule has 0 aliphatic carbocycles. The van der Waals surface area contributed by atoms with Crippen molar-refractivity contribution in [3.05, 3.63) is 62.2 Å². The molecule has 0 heterocycles. The lowest BCUT2D eigenvalue weighted by Crippen LogP contribution is -1.97. The van der Waals surface area contributed by atoms with Gasteiger partial charge in [-0.3, -0.25) is 10.1 Å². The zero-order chi connectivity index (χ0) is 15.6. The molecule has 0 unspecified atom stereocenters. The molecule has 0 saturated heterocycles. The van der Waals surface area contributed by atoms with Crippen LogP contribution in [0.5, 0.6) is 11.5 Å². The lowest BCUT2D eigenvalue weighted by atomic mass is 10.1. The van der Waals surface area contributed by atoms with Gasteiger partial charge in [-0.05, 0) is 42.7 Å². The van der Waals surface area contributed by atoms with Gasteiger partial charge in [0.1, 0.15) is 5.75 Å². The summed E-state index contributed by atoms with van der Waals surface area (Å²) >= 11 is 5.99. The van der Waals surface area contributed by atoms with Crippen molar-refractivity contribution < 1.29 is 14.8 Å². The average molecular weight is 308 g/mol. The maximum atomic E-state index is 11.2. The average Bonchev–Trinajstić information content (AvgIpc) is 2.41. The van der Waals surface area contributed by atoms with Crippen LogP contribution in [-0.4, -0.2) is 10.0 Å². The third-order valence-electron chi connectivity index (χ3n) is 3.01. The van der Waals surface area contributed by atoms with E-state index >= 15 is 0 Å². The maximum Gasteiger partial charge on any atom is 0.312 e. The fourth-order valence-corrected chi connectivity index (χ4v) is 2.27. The summed E-state index contributed by atoms with van der Waals surface area (Å²) in [5.41, 5.74) is 1.94. The van der Waals surface area contributed by atoms with Crippen molar-refractivity contribution in [2.24, 2.45) is 0 Å². The number of nitro groups is 1. The highest BCUT2D eigenvalue weighted by Gasteiger charge is 2.19. The van der Waals surface area contributed by atoms with Gasteiger partial charge in [0.05, 0.1) is 11.5 Å². The highest BCUT2D eigenvalue weighted by atomic mass is 35.5. The lowest BCUT2D eigenvalue weighted by Gasteiger charge is -2.11. The van der Waals surface area contributed by atoms with E-state index in [4.69, 9.17) is 21.4 Å². The van der Waals surface area contributed by atoms with Crippen LogP contribution in [0.15, 0.2) is 30.3 Å². The molecule has 0 saturated carbocycles. The zero-order valence-corrected chi connectivity index (χ0v) is 12.3. The number of aliphatic hydroxyl groups is 1. The summed E-state index contributed by atoms with van der Waals surface area (Å²) in [5, 5.41) is 20.6. The van der Waals surface area contributed by atoms with Crippen LogP contribution in [0.25, 0.3) is 0 Å². The van der Waals surface area contributed by atoms with Crippen molar-refractivity contribution in [3.63, 3.8) is 0 Å². The van der Waals surface area contributed by atoms with Crippen molar-refractivity contribution in [2.75, 3.05) is 0 Å². The summed E-state index contributed by atoms with van der Waals surface area (Å²) < 4.78 is 5.63. The molecule has 0 aliphatic rings. The minimum absolute atomic E-state index is 0.0881. The molecule has 2 aromatic carbocycles. The van der Waals surface area contributed by atoms with Crippen molar-refractivity contribution in [3.8, 4) is 11.5 Å². The van der Waals surface area contributed by atoms with Crippen molar-refractivity contribution in [1.82, 2.24) is 0 Å². The van der Waals surface area contributed by atoms with Gasteiger partial charge in [-0.2, -0.15) is 0 Å². The molecule has 0 spiro atoms. The van der Waals surface area contributed by atoms with Gasteiger partial charge < -0.3 is 9.84 Å². The largest absolute Gasteiger partial charge is 0.450 e. The lowest BCUT2D eigenvalue weighted by molar-refractivity contribution is -0.385. The molecule has 0 atom stereocenters. The number of hydrogen-bond donors (Lipinski definition) is 1. The molecule has 21 heavy (non-hydrogen) atoms. The number of halogens is 1. The maximum absolute atomic E-state index is 11.2. The van der Waals surface area contributed by atoms with Gasteiger partial charge in [0, 0.05) is 11.1 Å². The second kappa shape index (κ2) is 6.11. The Kier molecular flexibility index (Phi) is 4.45. The number of aryl methyl sites for hydroxylation is 2. The number of nitro benzene ring substituents is 1. The Morgan fingerprint density at radius 2 is 2.00 bits per heavy atom. The Bertz CT molecular complexity index is 700. The Morgan fingerprint density at radius 3 is 2.57 bits per heavy atom. The Morgan fingerprint density at radius 1 is 1.29 bits per heavy atom. The fraction of sp³-hybridized carbons (Fsp3) is 0.200. The first-order chi connectivity index (χ1) is 9.92. The van der Waals surface area contributed by atoms with E-state index in [1.54, 1.807) is 26.0 Å². The number of rotatable bonds is 4. The zero-order valence-electron chi connectivity index (χ0n) is 11.6. The van der Waals surface area contributed by atoms with E-state index in [1.165, 1.54) is 12.1 Å². The van der Waals surface area contributed by atoms with E-state index in [-0.39, 0.29) is 18.0 Å². The molecule has 110 valence electrons. The minimum Gasteiger partial charge on any atom is -0.450 e. The van der Waals surface area contributed by atoms with E-state index in [0.717, 1.165) is 5.56 Å². The highest BCUT2D eigenvalue weighted by molar-refractivity contribution is 6.31. The predicted molar refractivity (Wildman–Crippen MR) is 80.0 cm³/mol. The third kappa shape index (κ3) is 3.32. The molecule has 1 N–H and O–H groups in total. The second-order valence-corrected chi connectivity index (χ2v) is 5.11. The van der Waals surface area contributed by atoms with Crippen molar-refractivity contribution in [2.45, 2.75) is 20.5 Å². The Labute approximate surface area is 126 Å². The van der Waals surface area contributed by atoms with E-state index in [2.05, 4.69) is 0 Å². The molecule has 0 bridgehead atoms. The van der Waals surface area contributed by atoms with Crippen LogP contribution < -0.4 is 4.74 Å². The van der Waals surface area contributed by atoms with Crippen LogP contribution >= 0.6 is 11.6 Å². The molecule has 0 amide bonds. The summed E-state index contributed by atoms with van der Waals surface area (Å²) in [5.74, 6) is 0.575. The van der Waals surface area contributed by atoms with Gasteiger partial charge in [0.2, 0.25) is 5.75 Å². The number of benzene rings is 2. The van der Waals surface area contributed by atoms with Crippen LogP contribution in [0.3, 0.4) is 0 Å². The monoisotopic (exact) mass is 307 g/mol. The van der Waals surface area contributed by atoms with Crippen LogP contribution in [0, 0.1) is 24.0 Å². The summed E-state index contributed by atoms with van der Waals surface area (Å²) in [6, 6.07) is 8.03. The van der Waals surface area contributed by atoms with E-state index in [9.17, 15) is 10.1 Å². The molecule has 5 nitrogen and oxygen atoms in total. The minimum atomic E-state index is -0.473. The second-order valence-electron chi connectivity index (χ2n) is 4.70. The van der Waals surface area contributed by atoms with Gasteiger partial charge in [0.25, 0.3) is 0 Å². The molecule has 0 fully saturated rings. The Hall–Kier alpha value is -2.11. The van der Waals surface area contributed by atoms with E-state index in [0.29, 0.717) is 21.9 Å². The van der Waals surface area contributed by atoms with Crippen LogP contribution in [0.2, 0.25) is 5.02 Å². The third-order valence-corrected chi connectivity index (χ3v) is 3.36. The predicted octanol–water partition coefficient (Wildman–Crippen LogP) is 4.15. The number of aliphatic hydroxyl groups excluding tert-OH is 1. The standard InChI is InChI=1S/C15H14ClNO4/c1-9-5-10(2)15(14(6-9)17(19)20)21-12-4-3-11(8-18)13(16)7-12/h3-7,18H,8H2,1-2H3. The van der Waals surface area contributed by atoms with Crippen LogP contribution in [-0.2, 0) is 6.61 Å². The van der Waals surface area contributed by atoms with Crippen molar-refractivity contribution in [1.29, 1.82) is 0 Å². The van der Waals surface area contributed by atoms with Gasteiger partial charge in [-0.1, -0.05) is 23.7 Å². The molecule has 0 radical (unpaired) electrons. The summed E-state index contributed by atoms with van der Waals surface area (Å²) in [6.45, 7) is 3.36. The molecular formula is C15H14ClNO4. The summed E-state index contributed by atoms with van der Waals surface area (Å²) in [4.78, 5) is 10.7. The quantitative estimate of drug-likeness (QED) is 0.680. The topological polar surface area (TPSA) is 72.6 Å². The molecule has 0 aliphatic heterocycles. The van der Waals surface area contributed by atoms with Gasteiger partial charge in [0.15, 0.2) is 0 Å². The van der Waals surface area contributed by atoms with Crippen LogP contribution in [0.1, 0.15) is 16.7 Å². The van der Waals surface area contributed by atoms with Gasteiger partial charge in [-0.25, -0.2) is 0 Å². The number of ether oxygens (including phenoxy) is 1. The first-order valence-electron chi connectivity index (χ1n) is 6.25. The normalized spacial score (nSPS) is 10.5. The first-order valence-corrected chi connectivity index (χ1v) is 6.63. The highest BCUT2D eigenvalue weighted by Crippen LogP contribution is 2.36. The number of hydrogen-bond acceptors (Lipinski definition) is 4. The van der Waals surface area contributed by atoms with Crippen molar-refractivity contribution >= 4 is 17.3 Å². The van der Waals surface area contributed by atoms with Gasteiger partial charge >= 0.3 is 5.69 Å². The first kappa shape index (κ1) is 15.3. The van der Waals surface area contributed by atoms with E-state index in [1.807, 2.05) is 6.07 Å². The molecule has 0 aromatic heterocycles. The molecular weight excluding hydrogens is 294 g/mol. The summed E-state index contributed by atoms with van der Waals surface area (Å²) in [6.07, 6.45) is 0. The summed E-state index contributed by atoms with van der Waals surface area (Å²) in [7, 11) is 0. The Balaban J connectivity index is 2.44. The SMILES string of the molecule is Cc1cc(C)c(Oc2ccc(CO)c(Cl)c2)c([N+](=O)[O-])c1. The fourth-order valence-electron chi connectivity index (χ4n) is 2.04. The van der Waals surface area contributed by atoms with Crippen LogP contribution in [0.4, 0.5) is 5.69 Å². The number of nitrogens with zero attached hydrogens (tertiary/aromatic N) is 1.